The fourth-order valence-corrected chi connectivity index (χ4v) is 3.94. The van der Waals surface area contributed by atoms with Crippen LogP contribution in [0.25, 0.3) is 16.8 Å². The summed E-state index contributed by atoms with van der Waals surface area (Å²) in [5.74, 6) is -0.764. The number of hydrogen-bond donors (Lipinski definition) is 1. The van der Waals surface area contributed by atoms with Gasteiger partial charge < -0.3 is 10.2 Å². The van der Waals surface area contributed by atoms with Gasteiger partial charge >= 0.3 is 6.18 Å². The van der Waals surface area contributed by atoms with Crippen molar-refractivity contribution >= 4 is 34.1 Å². The number of nitriles is 1. The van der Waals surface area contributed by atoms with Crippen LogP contribution in [0.3, 0.4) is 0 Å². The molecule has 1 fully saturated rings. The van der Waals surface area contributed by atoms with Crippen molar-refractivity contribution in [2.45, 2.75) is 19.0 Å². The fourth-order valence-electron chi connectivity index (χ4n) is 3.94. The average Bonchev–Trinajstić information content (AvgIpc) is 3.31. The summed E-state index contributed by atoms with van der Waals surface area (Å²) in [7, 11) is 0. The van der Waals surface area contributed by atoms with E-state index in [2.05, 4.69) is 10.2 Å². The summed E-state index contributed by atoms with van der Waals surface area (Å²) in [5.41, 5.74) is 0.712. The lowest BCUT2D eigenvalue weighted by Gasteiger charge is -2.20. The Morgan fingerprint density at radius 2 is 1.72 bits per heavy atom. The molecule has 162 valence electrons. The largest absolute Gasteiger partial charge is 0.416 e. The molecular weight excluding hydrogens is 415 g/mol. The van der Waals surface area contributed by atoms with Crippen molar-refractivity contribution in [3.8, 4) is 6.07 Å². The summed E-state index contributed by atoms with van der Waals surface area (Å²) in [6, 6.07) is 17.8. The number of nitrogens with zero attached hydrogens (tertiary/aromatic N) is 2. The number of benzene rings is 3. The van der Waals surface area contributed by atoms with Gasteiger partial charge in [-0.05, 0) is 54.1 Å². The highest BCUT2D eigenvalue weighted by Crippen LogP contribution is 2.33. The summed E-state index contributed by atoms with van der Waals surface area (Å²) in [4.78, 5) is 15.0. The first-order chi connectivity index (χ1) is 15.4. The van der Waals surface area contributed by atoms with Gasteiger partial charge in [0, 0.05) is 29.9 Å². The van der Waals surface area contributed by atoms with E-state index in [0.29, 0.717) is 5.56 Å². The second-order valence-electron chi connectivity index (χ2n) is 7.62. The number of nitrogens with one attached hydrogen (secondary N) is 1. The third-order valence-corrected chi connectivity index (χ3v) is 5.49. The van der Waals surface area contributed by atoms with Crippen LogP contribution in [-0.2, 0) is 11.0 Å². The van der Waals surface area contributed by atoms with Gasteiger partial charge in [0.15, 0.2) is 0 Å². The number of carbonyl (C=O) groups is 1. The van der Waals surface area contributed by atoms with Gasteiger partial charge in [-0.1, -0.05) is 36.4 Å². The van der Waals surface area contributed by atoms with Crippen LogP contribution in [0.1, 0.15) is 24.0 Å². The molecule has 7 heteroatoms. The topological polar surface area (TPSA) is 56.1 Å². The van der Waals surface area contributed by atoms with E-state index in [9.17, 15) is 23.2 Å². The van der Waals surface area contributed by atoms with Crippen LogP contribution < -0.4 is 10.2 Å². The van der Waals surface area contributed by atoms with Gasteiger partial charge in [-0.2, -0.15) is 18.4 Å². The highest BCUT2D eigenvalue weighted by Gasteiger charge is 2.30. The Morgan fingerprint density at radius 3 is 2.41 bits per heavy atom. The zero-order valence-electron chi connectivity index (χ0n) is 17.1. The molecule has 0 spiro atoms. The molecule has 0 saturated carbocycles. The number of alkyl halides is 3. The van der Waals surface area contributed by atoms with E-state index in [1.54, 1.807) is 0 Å². The van der Waals surface area contributed by atoms with E-state index in [1.165, 1.54) is 18.2 Å². The number of rotatable bonds is 4. The van der Waals surface area contributed by atoms with Crippen LogP contribution >= 0.6 is 0 Å². The molecule has 0 aromatic heterocycles. The maximum absolute atomic E-state index is 12.9. The van der Waals surface area contributed by atoms with Crippen molar-refractivity contribution in [2.24, 2.45) is 0 Å². The predicted molar refractivity (Wildman–Crippen MR) is 119 cm³/mol. The highest BCUT2D eigenvalue weighted by molar-refractivity contribution is 6.11. The van der Waals surface area contributed by atoms with Crippen molar-refractivity contribution in [3.05, 3.63) is 77.4 Å². The van der Waals surface area contributed by atoms with Gasteiger partial charge in [-0.25, -0.2) is 0 Å². The molecule has 4 rings (SSSR count). The monoisotopic (exact) mass is 435 g/mol. The molecule has 0 aliphatic carbocycles. The SMILES string of the molecule is N#C/C(=C/c1ccc(N2CCCC2)c2ccccc12)C(=O)Nc1cccc(C(F)(F)F)c1. The van der Waals surface area contributed by atoms with Crippen LogP contribution in [0.2, 0.25) is 0 Å². The highest BCUT2D eigenvalue weighted by atomic mass is 19.4. The molecule has 0 bridgehead atoms. The van der Waals surface area contributed by atoms with Crippen LogP contribution in [0, 0.1) is 11.3 Å². The Balaban J connectivity index is 1.66. The van der Waals surface area contributed by atoms with Gasteiger partial charge in [0.25, 0.3) is 5.91 Å². The summed E-state index contributed by atoms with van der Waals surface area (Å²) in [5, 5.41) is 13.9. The molecule has 1 heterocycles. The Morgan fingerprint density at radius 1 is 1.00 bits per heavy atom. The van der Waals surface area contributed by atoms with Gasteiger partial charge in [0.1, 0.15) is 11.6 Å². The predicted octanol–water partition coefficient (Wildman–Crippen LogP) is 6.00. The second-order valence-corrected chi connectivity index (χ2v) is 7.62. The molecule has 4 nitrogen and oxygen atoms in total. The molecule has 0 unspecified atom stereocenters. The normalized spacial score (nSPS) is 14.4. The number of anilines is 2. The van der Waals surface area contributed by atoms with E-state index in [4.69, 9.17) is 0 Å². The maximum atomic E-state index is 12.9. The van der Waals surface area contributed by atoms with Crippen LogP contribution in [0.5, 0.6) is 0 Å². The standard InChI is InChI=1S/C25H20F3N3O/c26-25(27,28)19-6-5-7-20(15-19)30-24(32)18(16-29)14-17-10-11-23(31-12-3-4-13-31)22-9-2-1-8-21(17)22/h1-2,5-11,14-15H,3-4,12-13H2,(H,30,32)/b18-14-. The maximum Gasteiger partial charge on any atom is 0.416 e. The lowest BCUT2D eigenvalue weighted by Crippen LogP contribution is -2.18. The minimum atomic E-state index is -4.52. The quantitative estimate of drug-likeness (QED) is 0.404. The first-order valence-electron chi connectivity index (χ1n) is 10.2. The van der Waals surface area contributed by atoms with Crippen molar-refractivity contribution in [1.82, 2.24) is 0 Å². The van der Waals surface area contributed by atoms with Crippen molar-refractivity contribution < 1.29 is 18.0 Å². The average molecular weight is 435 g/mol. The first kappa shape index (κ1) is 21.4. The van der Waals surface area contributed by atoms with E-state index in [0.717, 1.165) is 54.5 Å². The van der Waals surface area contributed by atoms with Gasteiger partial charge in [-0.3, -0.25) is 4.79 Å². The van der Waals surface area contributed by atoms with Crippen molar-refractivity contribution in [1.29, 1.82) is 5.26 Å². The zero-order valence-corrected chi connectivity index (χ0v) is 17.1. The lowest BCUT2D eigenvalue weighted by atomic mass is 10.00. The summed E-state index contributed by atoms with van der Waals surface area (Å²) < 4.78 is 38.8. The van der Waals surface area contributed by atoms with Crippen LogP contribution in [0.15, 0.2) is 66.2 Å². The van der Waals surface area contributed by atoms with Gasteiger partial charge in [-0.15, -0.1) is 0 Å². The summed E-state index contributed by atoms with van der Waals surface area (Å²) in [6.45, 7) is 1.98. The smallest absolute Gasteiger partial charge is 0.371 e. The third kappa shape index (κ3) is 4.45. The van der Waals surface area contributed by atoms with E-state index < -0.39 is 17.6 Å². The Kier molecular flexibility index (Phi) is 5.87. The number of hydrogen-bond acceptors (Lipinski definition) is 3. The van der Waals surface area contributed by atoms with Crippen LogP contribution in [-0.4, -0.2) is 19.0 Å². The fraction of sp³-hybridized carbons (Fsp3) is 0.200. The van der Waals surface area contributed by atoms with Crippen molar-refractivity contribution in [3.63, 3.8) is 0 Å². The van der Waals surface area contributed by atoms with Gasteiger partial charge in [0.2, 0.25) is 0 Å². The molecule has 1 N–H and O–H groups in total. The first-order valence-corrected chi connectivity index (χ1v) is 10.2. The molecule has 1 aliphatic heterocycles. The lowest BCUT2D eigenvalue weighted by molar-refractivity contribution is -0.137. The molecular formula is C25H20F3N3O. The molecule has 0 atom stereocenters. The molecule has 3 aromatic rings. The second kappa shape index (κ2) is 8.75. The molecule has 1 aliphatic rings. The molecule has 32 heavy (non-hydrogen) atoms. The Labute approximate surface area is 183 Å². The zero-order chi connectivity index (χ0) is 22.7. The third-order valence-electron chi connectivity index (χ3n) is 5.49. The van der Waals surface area contributed by atoms with E-state index in [1.807, 2.05) is 42.5 Å². The van der Waals surface area contributed by atoms with Crippen LogP contribution in [0.4, 0.5) is 24.5 Å². The Hall–Kier alpha value is -3.79. The molecule has 0 radical (unpaired) electrons. The minimum absolute atomic E-state index is 0.0276. The minimum Gasteiger partial charge on any atom is -0.371 e. The van der Waals surface area contributed by atoms with E-state index >= 15 is 0 Å². The Bertz CT molecular complexity index is 1240. The summed E-state index contributed by atoms with van der Waals surface area (Å²) >= 11 is 0. The van der Waals surface area contributed by atoms with Gasteiger partial charge in [0.05, 0.1) is 5.56 Å². The number of fused-ring (bicyclic) bond motifs is 1. The number of halogens is 3. The molecule has 1 saturated heterocycles. The number of amides is 1. The molecule has 3 aromatic carbocycles. The number of carbonyl (C=O) groups excluding carboxylic acids is 1. The van der Waals surface area contributed by atoms with E-state index in [-0.39, 0.29) is 11.3 Å². The van der Waals surface area contributed by atoms with Crippen molar-refractivity contribution in [2.75, 3.05) is 23.3 Å². The molecule has 1 amide bonds. The summed E-state index contributed by atoms with van der Waals surface area (Å²) in [6.07, 6.45) is -0.766.